The molecule has 1 aromatic carbocycles. The molecule has 1 aromatic heterocycles. The minimum atomic E-state index is -0.00852. The summed E-state index contributed by atoms with van der Waals surface area (Å²) in [5.74, 6) is 0. The molecule has 0 fully saturated rings. The fourth-order valence-corrected chi connectivity index (χ4v) is 1.57. The van der Waals surface area contributed by atoms with Crippen molar-refractivity contribution in [2.45, 2.75) is 6.61 Å². The van der Waals surface area contributed by atoms with Gasteiger partial charge in [-0.2, -0.15) is 5.10 Å². The van der Waals surface area contributed by atoms with Crippen LogP contribution in [0.3, 0.4) is 0 Å². The van der Waals surface area contributed by atoms with Crippen molar-refractivity contribution >= 4 is 11.6 Å². The molecule has 1 heterocycles. The lowest BCUT2D eigenvalue weighted by Crippen LogP contribution is -1.84. The van der Waals surface area contributed by atoms with Crippen molar-refractivity contribution in [3.05, 3.63) is 41.2 Å². The lowest BCUT2D eigenvalue weighted by molar-refractivity contribution is 0.282. The number of aromatic amines is 1. The number of nitrogens with one attached hydrogen (secondary N) is 1. The van der Waals surface area contributed by atoms with Gasteiger partial charge in [-0.05, 0) is 29.3 Å². The summed E-state index contributed by atoms with van der Waals surface area (Å²) in [6, 6.07) is 5.47. The summed E-state index contributed by atoms with van der Waals surface area (Å²) in [6.45, 7) is -0.00852. The van der Waals surface area contributed by atoms with E-state index >= 15 is 0 Å². The van der Waals surface area contributed by atoms with Gasteiger partial charge in [0.15, 0.2) is 0 Å². The number of halogens is 1. The van der Waals surface area contributed by atoms with Crippen LogP contribution < -0.4 is 0 Å². The van der Waals surface area contributed by atoms with E-state index < -0.39 is 0 Å². The number of benzene rings is 1. The van der Waals surface area contributed by atoms with E-state index in [1.54, 1.807) is 18.5 Å². The first kappa shape index (κ1) is 9.24. The SMILES string of the molecule is OCc1cc(Cl)cc(-c2cn[nH]c2)c1. The van der Waals surface area contributed by atoms with Crippen molar-refractivity contribution < 1.29 is 5.11 Å². The monoisotopic (exact) mass is 208 g/mol. The van der Waals surface area contributed by atoms with E-state index in [4.69, 9.17) is 16.7 Å². The van der Waals surface area contributed by atoms with E-state index in [-0.39, 0.29) is 6.61 Å². The third-order valence-electron chi connectivity index (χ3n) is 1.97. The van der Waals surface area contributed by atoms with Crippen molar-refractivity contribution in [3.8, 4) is 11.1 Å². The van der Waals surface area contributed by atoms with Crippen LogP contribution in [0.5, 0.6) is 0 Å². The zero-order chi connectivity index (χ0) is 9.97. The van der Waals surface area contributed by atoms with Gasteiger partial charge >= 0.3 is 0 Å². The molecule has 0 radical (unpaired) electrons. The largest absolute Gasteiger partial charge is 0.392 e. The highest BCUT2D eigenvalue weighted by Crippen LogP contribution is 2.23. The Morgan fingerprint density at radius 2 is 2.14 bits per heavy atom. The first-order valence-electron chi connectivity index (χ1n) is 4.19. The van der Waals surface area contributed by atoms with E-state index in [9.17, 15) is 0 Å². The van der Waals surface area contributed by atoms with Crippen LogP contribution in [0, 0.1) is 0 Å². The Morgan fingerprint density at radius 1 is 1.29 bits per heavy atom. The Labute approximate surface area is 86.3 Å². The second-order valence-electron chi connectivity index (χ2n) is 2.99. The molecule has 72 valence electrons. The summed E-state index contributed by atoms with van der Waals surface area (Å²) in [4.78, 5) is 0. The van der Waals surface area contributed by atoms with Crippen LogP contribution in [0.15, 0.2) is 30.6 Å². The number of H-pyrrole nitrogens is 1. The average Bonchev–Trinajstić information content (AvgIpc) is 2.69. The smallest absolute Gasteiger partial charge is 0.0682 e. The molecule has 2 aromatic rings. The molecular weight excluding hydrogens is 200 g/mol. The van der Waals surface area contributed by atoms with Crippen LogP contribution in [-0.4, -0.2) is 15.3 Å². The number of hydrogen-bond donors (Lipinski definition) is 2. The van der Waals surface area contributed by atoms with Crippen molar-refractivity contribution in [2.75, 3.05) is 0 Å². The third-order valence-corrected chi connectivity index (χ3v) is 2.19. The summed E-state index contributed by atoms with van der Waals surface area (Å²) in [5.41, 5.74) is 2.71. The summed E-state index contributed by atoms with van der Waals surface area (Å²) >= 11 is 5.90. The quantitative estimate of drug-likeness (QED) is 0.795. The van der Waals surface area contributed by atoms with Crippen molar-refractivity contribution in [1.29, 1.82) is 0 Å². The summed E-state index contributed by atoms with van der Waals surface area (Å²) < 4.78 is 0. The van der Waals surface area contributed by atoms with Gasteiger partial charge in [0.05, 0.1) is 12.8 Å². The van der Waals surface area contributed by atoms with Crippen LogP contribution in [0.2, 0.25) is 5.02 Å². The minimum absolute atomic E-state index is 0.00852. The molecule has 0 aliphatic carbocycles. The maximum atomic E-state index is 9.00. The molecule has 0 amide bonds. The van der Waals surface area contributed by atoms with E-state index in [0.717, 1.165) is 16.7 Å². The third kappa shape index (κ3) is 1.78. The molecule has 2 rings (SSSR count). The van der Waals surface area contributed by atoms with Gasteiger partial charge in [0.25, 0.3) is 0 Å². The molecule has 0 unspecified atom stereocenters. The Balaban J connectivity index is 2.48. The summed E-state index contributed by atoms with van der Waals surface area (Å²) in [6.07, 6.45) is 3.50. The van der Waals surface area contributed by atoms with Gasteiger partial charge in [0.1, 0.15) is 0 Å². The number of hydrogen-bond acceptors (Lipinski definition) is 2. The standard InChI is InChI=1S/C10H9ClN2O/c11-10-2-7(6-14)1-8(3-10)9-4-12-13-5-9/h1-5,14H,6H2,(H,12,13). The number of aliphatic hydroxyl groups is 1. The topological polar surface area (TPSA) is 48.9 Å². The molecule has 0 atom stereocenters. The minimum Gasteiger partial charge on any atom is -0.392 e. The van der Waals surface area contributed by atoms with Crippen LogP contribution >= 0.6 is 11.6 Å². The zero-order valence-corrected chi connectivity index (χ0v) is 8.12. The highest BCUT2D eigenvalue weighted by atomic mass is 35.5. The maximum absolute atomic E-state index is 9.00. The second kappa shape index (κ2) is 3.82. The van der Waals surface area contributed by atoms with Crippen molar-refractivity contribution in [3.63, 3.8) is 0 Å². The zero-order valence-electron chi connectivity index (χ0n) is 7.37. The second-order valence-corrected chi connectivity index (χ2v) is 3.43. The van der Waals surface area contributed by atoms with E-state index in [1.807, 2.05) is 12.1 Å². The highest BCUT2D eigenvalue weighted by molar-refractivity contribution is 6.30. The molecule has 2 N–H and O–H groups in total. The molecule has 0 saturated heterocycles. The van der Waals surface area contributed by atoms with Gasteiger partial charge in [-0.25, -0.2) is 0 Å². The molecule has 4 heteroatoms. The van der Waals surface area contributed by atoms with Gasteiger partial charge in [0.2, 0.25) is 0 Å². The first-order valence-corrected chi connectivity index (χ1v) is 4.57. The number of rotatable bonds is 2. The maximum Gasteiger partial charge on any atom is 0.0682 e. The Bertz CT molecular complexity index is 426. The predicted molar refractivity (Wildman–Crippen MR) is 55.0 cm³/mol. The number of nitrogens with zero attached hydrogens (tertiary/aromatic N) is 1. The molecule has 0 aliphatic heterocycles. The highest BCUT2D eigenvalue weighted by Gasteiger charge is 2.02. The number of aromatic nitrogens is 2. The van der Waals surface area contributed by atoms with E-state index in [0.29, 0.717) is 5.02 Å². The Hall–Kier alpha value is -1.32. The average molecular weight is 209 g/mol. The molecule has 0 saturated carbocycles. The first-order chi connectivity index (χ1) is 6.79. The fourth-order valence-electron chi connectivity index (χ4n) is 1.32. The summed E-state index contributed by atoms with van der Waals surface area (Å²) in [7, 11) is 0. The van der Waals surface area contributed by atoms with Gasteiger partial charge in [0, 0.05) is 16.8 Å². The fraction of sp³-hybridized carbons (Fsp3) is 0.100. The van der Waals surface area contributed by atoms with Crippen molar-refractivity contribution in [1.82, 2.24) is 10.2 Å². The lowest BCUT2D eigenvalue weighted by Gasteiger charge is -2.02. The van der Waals surface area contributed by atoms with Gasteiger partial charge in [-0.3, -0.25) is 5.10 Å². The number of aliphatic hydroxyl groups excluding tert-OH is 1. The van der Waals surface area contributed by atoms with E-state index in [2.05, 4.69) is 10.2 Å². The normalized spacial score (nSPS) is 10.4. The van der Waals surface area contributed by atoms with Crippen LogP contribution in [0.1, 0.15) is 5.56 Å². The molecule has 14 heavy (non-hydrogen) atoms. The van der Waals surface area contributed by atoms with Crippen molar-refractivity contribution in [2.24, 2.45) is 0 Å². The van der Waals surface area contributed by atoms with Gasteiger partial charge in [-0.1, -0.05) is 11.6 Å². The van der Waals surface area contributed by atoms with Gasteiger partial charge in [-0.15, -0.1) is 0 Å². The van der Waals surface area contributed by atoms with Crippen LogP contribution in [-0.2, 0) is 6.61 Å². The molecular formula is C10H9ClN2O. The molecule has 0 aliphatic rings. The van der Waals surface area contributed by atoms with Crippen LogP contribution in [0.25, 0.3) is 11.1 Å². The van der Waals surface area contributed by atoms with Gasteiger partial charge < -0.3 is 5.11 Å². The van der Waals surface area contributed by atoms with E-state index in [1.165, 1.54) is 0 Å². The Morgan fingerprint density at radius 3 is 2.79 bits per heavy atom. The van der Waals surface area contributed by atoms with Crippen LogP contribution in [0.4, 0.5) is 0 Å². The molecule has 0 spiro atoms. The summed E-state index contributed by atoms with van der Waals surface area (Å²) in [5, 5.41) is 16.2. The lowest BCUT2D eigenvalue weighted by atomic mass is 10.1. The predicted octanol–water partition coefficient (Wildman–Crippen LogP) is 2.22. The molecule has 3 nitrogen and oxygen atoms in total. The Kier molecular flexibility index (Phi) is 2.52. The molecule has 0 bridgehead atoms.